The van der Waals surface area contributed by atoms with E-state index in [1.54, 1.807) is 0 Å². The molecule has 2 heteroatoms. The predicted octanol–water partition coefficient (Wildman–Crippen LogP) is 12.3. The fourth-order valence-electron chi connectivity index (χ4n) is 7.00. The second-order valence-corrected chi connectivity index (χ2v) is 11.3. The van der Waals surface area contributed by atoms with Gasteiger partial charge in [-0.3, -0.25) is 9.97 Å². The standard InChI is InChI=1S/C42H26N2.C2H6/c1-2-12-29-27(11-1)20-22-32-30-13-3-4-14-31(30)38(25-37(29)32)39-23-21-28(26-44-39)41-33-15-5-7-17-35(33)42(40-19-9-10-24-43-40)36-18-8-6-16-34(36)41;1-2/h1-26H;1-2H3. The zero-order valence-corrected chi connectivity index (χ0v) is 25.9. The van der Waals surface area contributed by atoms with E-state index in [1.807, 2.05) is 32.3 Å². The molecule has 0 atom stereocenters. The van der Waals surface area contributed by atoms with Crippen LogP contribution in [0.4, 0.5) is 0 Å². The number of rotatable bonds is 3. The van der Waals surface area contributed by atoms with Gasteiger partial charge < -0.3 is 0 Å². The van der Waals surface area contributed by atoms with Crippen molar-refractivity contribution in [1.82, 2.24) is 9.97 Å². The maximum absolute atomic E-state index is 5.14. The van der Waals surface area contributed by atoms with Crippen molar-refractivity contribution < 1.29 is 0 Å². The van der Waals surface area contributed by atoms with Crippen LogP contribution in [0.1, 0.15) is 13.8 Å². The largest absolute Gasteiger partial charge is 0.256 e. The minimum absolute atomic E-state index is 0.971. The molecule has 2 aromatic heterocycles. The van der Waals surface area contributed by atoms with E-state index in [-0.39, 0.29) is 0 Å². The van der Waals surface area contributed by atoms with E-state index in [4.69, 9.17) is 9.97 Å². The molecule has 0 bridgehead atoms. The Kier molecular flexibility index (Phi) is 6.96. The van der Waals surface area contributed by atoms with Crippen molar-refractivity contribution in [1.29, 1.82) is 0 Å². The fraction of sp³-hybridized carbons (Fsp3) is 0.0455. The van der Waals surface area contributed by atoms with Gasteiger partial charge in [-0.25, -0.2) is 0 Å². The molecule has 0 saturated carbocycles. The van der Waals surface area contributed by atoms with Crippen LogP contribution in [0.5, 0.6) is 0 Å². The van der Waals surface area contributed by atoms with Crippen LogP contribution in [0.3, 0.4) is 0 Å². The summed E-state index contributed by atoms with van der Waals surface area (Å²) in [7, 11) is 0. The minimum atomic E-state index is 0.971. The van der Waals surface area contributed by atoms with Crippen molar-refractivity contribution in [3.63, 3.8) is 0 Å². The first kappa shape index (κ1) is 27.7. The third-order valence-corrected chi connectivity index (χ3v) is 8.95. The van der Waals surface area contributed by atoms with Gasteiger partial charge in [0, 0.05) is 29.1 Å². The Labute approximate surface area is 268 Å². The first-order valence-electron chi connectivity index (χ1n) is 16.0. The zero-order chi connectivity index (χ0) is 31.0. The van der Waals surface area contributed by atoms with Gasteiger partial charge in [0.25, 0.3) is 0 Å². The van der Waals surface area contributed by atoms with Crippen molar-refractivity contribution in [2.75, 3.05) is 0 Å². The van der Waals surface area contributed by atoms with Crippen LogP contribution in [-0.4, -0.2) is 9.97 Å². The SMILES string of the molecule is CC.c1ccc(-c2c3ccccc3c(-c3ccc(-c4cc5c6ccccc6ccc5c5ccccc45)nc3)c3ccccc23)nc1. The number of aromatic nitrogens is 2. The molecule has 0 spiro atoms. The number of pyridine rings is 2. The molecule has 0 aliphatic heterocycles. The van der Waals surface area contributed by atoms with Crippen LogP contribution in [0, 0.1) is 0 Å². The molecule has 9 aromatic rings. The second kappa shape index (κ2) is 11.6. The minimum Gasteiger partial charge on any atom is -0.256 e. The molecule has 0 radical (unpaired) electrons. The summed E-state index contributed by atoms with van der Waals surface area (Å²) in [5, 5.41) is 12.3. The Morgan fingerprint density at radius 1 is 0.370 bits per heavy atom. The van der Waals surface area contributed by atoms with Crippen LogP contribution in [0.25, 0.3) is 87.5 Å². The normalized spacial score (nSPS) is 11.3. The summed E-state index contributed by atoms with van der Waals surface area (Å²) in [5.41, 5.74) is 6.57. The molecule has 0 unspecified atom stereocenters. The lowest BCUT2D eigenvalue weighted by Crippen LogP contribution is -1.93. The Hall–Kier alpha value is -5.86. The summed E-state index contributed by atoms with van der Waals surface area (Å²) in [5.74, 6) is 0. The smallest absolute Gasteiger partial charge is 0.0714 e. The highest BCUT2D eigenvalue weighted by Crippen LogP contribution is 2.43. The van der Waals surface area contributed by atoms with Gasteiger partial charge in [-0.15, -0.1) is 0 Å². The van der Waals surface area contributed by atoms with E-state index in [1.165, 1.54) is 65.0 Å². The monoisotopic (exact) mass is 588 g/mol. The highest BCUT2D eigenvalue weighted by molar-refractivity contribution is 6.22. The molecule has 0 fully saturated rings. The second-order valence-electron chi connectivity index (χ2n) is 11.3. The first-order chi connectivity index (χ1) is 22.8. The van der Waals surface area contributed by atoms with Gasteiger partial charge in [0.1, 0.15) is 0 Å². The number of benzene rings is 7. The first-order valence-corrected chi connectivity index (χ1v) is 16.0. The molecule has 46 heavy (non-hydrogen) atoms. The van der Waals surface area contributed by atoms with Crippen LogP contribution in [0.2, 0.25) is 0 Å². The fourth-order valence-corrected chi connectivity index (χ4v) is 7.00. The van der Waals surface area contributed by atoms with Crippen molar-refractivity contribution in [3.8, 4) is 33.6 Å². The van der Waals surface area contributed by atoms with Crippen LogP contribution in [-0.2, 0) is 0 Å². The summed E-state index contributed by atoms with van der Waals surface area (Å²) < 4.78 is 0. The van der Waals surface area contributed by atoms with Gasteiger partial charge >= 0.3 is 0 Å². The summed E-state index contributed by atoms with van der Waals surface area (Å²) in [6.07, 6.45) is 3.92. The lowest BCUT2D eigenvalue weighted by atomic mass is 9.87. The lowest BCUT2D eigenvalue weighted by Gasteiger charge is -2.17. The molecule has 0 amide bonds. The predicted molar refractivity (Wildman–Crippen MR) is 197 cm³/mol. The summed E-state index contributed by atoms with van der Waals surface area (Å²) in [6.45, 7) is 4.00. The third kappa shape index (κ3) is 4.42. The van der Waals surface area contributed by atoms with E-state index in [9.17, 15) is 0 Å². The Balaban J connectivity index is 0.00000153. The highest BCUT2D eigenvalue weighted by Gasteiger charge is 2.18. The third-order valence-electron chi connectivity index (χ3n) is 8.95. The number of hydrogen-bond acceptors (Lipinski definition) is 2. The molecule has 0 N–H and O–H groups in total. The van der Waals surface area contributed by atoms with E-state index in [2.05, 4.69) is 140 Å². The molecule has 0 aliphatic rings. The quantitative estimate of drug-likeness (QED) is 0.152. The van der Waals surface area contributed by atoms with Crippen molar-refractivity contribution in [2.45, 2.75) is 13.8 Å². The summed E-state index contributed by atoms with van der Waals surface area (Å²) in [4.78, 5) is 9.89. The van der Waals surface area contributed by atoms with Crippen molar-refractivity contribution in [2.24, 2.45) is 0 Å². The van der Waals surface area contributed by atoms with E-state index in [0.29, 0.717) is 0 Å². The number of nitrogens with zero attached hydrogens (tertiary/aromatic N) is 2. The molecular weight excluding hydrogens is 556 g/mol. The number of fused-ring (bicyclic) bond motifs is 7. The Morgan fingerprint density at radius 2 is 0.935 bits per heavy atom. The van der Waals surface area contributed by atoms with Crippen molar-refractivity contribution in [3.05, 3.63) is 158 Å². The zero-order valence-electron chi connectivity index (χ0n) is 25.9. The van der Waals surface area contributed by atoms with Crippen molar-refractivity contribution >= 4 is 53.9 Å². The molecule has 2 heterocycles. The molecule has 218 valence electrons. The maximum atomic E-state index is 5.14. The molecule has 7 aromatic carbocycles. The van der Waals surface area contributed by atoms with Crippen LogP contribution in [0.15, 0.2) is 158 Å². The van der Waals surface area contributed by atoms with Gasteiger partial charge in [0.05, 0.1) is 11.4 Å². The molecular formula is C44H32N2. The van der Waals surface area contributed by atoms with Gasteiger partial charge in [-0.05, 0) is 83.7 Å². The van der Waals surface area contributed by atoms with E-state index in [0.717, 1.165) is 22.5 Å². The van der Waals surface area contributed by atoms with Crippen LogP contribution >= 0.6 is 0 Å². The van der Waals surface area contributed by atoms with Gasteiger partial charge in [0.15, 0.2) is 0 Å². The lowest BCUT2D eigenvalue weighted by molar-refractivity contribution is 1.33. The highest BCUT2D eigenvalue weighted by atomic mass is 14.7. The molecule has 2 nitrogen and oxygen atoms in total. The molecule has 9 rings (SSSR count). The van der Waals surface area contributed by atoms with Gasteiger partial charge in [-0.1, -0.05) is 135 Å². The maximum Gasteiger partial charge on any atom is 0.0714 e. The molecule has 0 saturated heterocycles. The van der Waals surface area contributed by atoms with Crippen LogP contribution < -0.4 is 0 Å². The van der Waals surface area contributed by atoms with Gasteiger partial charge in [0.2, 0.25) is 0 Å². The summed E-state index contributed by atoms with van der Waals surface area (Å²) >= 11 is 0. The topological polar surface area (TPSA) is 25.8 Å². The van der Waals surface area contributed by atoms with E-state index < -0.39 is 0 Å². The Morgan fingerprint density at radius 3 is 1.57 bits per heavy atom. The Bertz CT molecular complexity index is 2470. The van der Waals surface area contributed by atoms with E-state index >= 15 is 0 Å². The summed E-state index contributed by atoms with van der Waals surface area (Å²) in [6, 6.07) is 52.0. The number of hydrogen-bond donors (Lipinski definition) is 0. The average molecular weight is 589 g/mol. The average Bonchev–Trinajstić information content (AvgIpc) is 3.14. The van der Waals surface area contributed by atoms with Gasteiger partial charge in [-0.2, -0.15) is 0 Å². The molecule has 0 aliphatic carbocycles.